The van der Waals surface area contributed by atoms with Crippen molar-refractivity contribution in [2.45, 2.75) is 63.8 Å². The summed E-state index contributed by atoms with van der Waals surface area (Å²) in [7, 11) is 3.10. The Hall–Kier alpha value is -4.17. The van der Waals surface area contributed by atoms with E-state index < -0.39 is 29.2 Å². The van der Waals surface area contributed by atoms with Gasteiger partial charge in [0.25, 0.3) is 5.56 Å². The van der Waals surface area contributed by atoms with Gasteiger partial charge in [0, 0.05) is 37.6 Å². The first-order valence-corrected chi connectivity index (χ1v) is 14.9. The molecule has 43 heavy (non-hydrogen) atoms. The van der Waals surface area contributed by atoms with Crippen molar-refractivity contribution in [2.75, 3.05) is 20.7 Å². The molecule has 3 aromatic heterocycles. The van der Waals surface area contributed by atoms with Gasteiger partial charge in [0.1, 0.15) is 39.3 Å². The number of likely N-dealkylation sites (tertiary alicyclic amines) is 1. The second-order valence-corrected chi connectivity index (χ2v) is 11.9. The van der Waals surface area contributed by atoms with Crippen molar-refractivity contribution < 1.29 is 23.5 Å². The monoisotopic (exact) mass is 610 g/mol. The van der Waals surface area contributed by atoms with Gasteiger partial charge >= 0.3 is 5.69 Å². The third-order valence-corrected chi connectivity index (χ3v) is 9.54. The first-order valence-electron chi connectivity index (χ1n) is 14.1. The van der Waals surface area contributed by atoms with E-state index in [0.717, 1.165) is 4.57 Å². The van der Waals surface area contributed by atoms with Crippen LogP contribution >= 0.6 is 11.3 Å². The Balaban J connectivity index is 1.56. The third kappa shape index (κ3) is 5.18. The van der Waals surface area contributed by atoms with E-state index in [9.17, 15) is 23.6 Å². The number of carbonyl (C=O) groups is 2. The number of hydrogen-bond donors (Lipinski definition) is 0. The molecule has 4 aromatic rings. The lowest BCUT2D eigenvalue weighted by molar-refractivity contribution is -0.129. The largest absolute Gasteiger partial charge is 0.496 e. The molecule has 1 aliphatic heterocycles. The average molecular weight is 611 g/mol. The van der Waals surface area contributed by atoms with Crippen molar-refractivity contribution in [3.05, 3.63) is 68.4 Å². The smallest absolute Gasteiger partial charge is 0.332 e. The van der Waals surface area contributed by atoms with Gasteiger partial charge in [-0.05, 0) is 44.4 Å². The van der Waals surface area contributed by atoms with Crippen molar-refractivity contribution in [3.63, 3.8) is 0 Å². The molecule has 1 amide bonds. The van der Waals surface area contributed by atoms with Crippen LogP contribution in [-0.2, 0) is 20.9 Å². The zero-order chi connectivity index (χ0) is 30.4. The van der Waals surface area contributed by atoms with Crippen LogP contribution in [0.25, 0.3) is 15.2 Å². The molecule has 0 unspecified atom stereocenters. The van der Waals surface area contributed by atoms with Gasteiger partial charge < -0.3 is 14.4 Å². The minimum Gasteiger partial charge on any atom is -0.496 e. The van der Waals surface area contributed by atoms with Crippen LogP contribution in [0.5, 0.6) is 5.75 Å². The highest BCUT2D eigenvalue weighted by molar-refractivity contribution is 7.21. The van der Waals surface area contributed by atoms with Crippen LogP contribution in [-0.4, -0.2) is 67.5 Å². The van der Waals surface area contributed by atoms with Crippen molar-refractivity contribution in [3.8, 4) is 10.8 Å². The number of rotatable bonds is 8. The molecule has 1 saturated carbocycles. The zero-order valence-corrected chi connectivity index (χ0v) is 24.8. The van der Waals surface area contributed by atoms with Gasteiger partial charge in [-0.15, -0.1) is 4.80 Å². The number of ether oxygens (including phenoxy) is 2. The predicted octanol–water partition coefficient (Wildman–Crippen LogP) is 2.93. The number of ketones is 1. The first-order chi connectivity index (χ1) is 20.7. The minimum absolute atomic E-state index is 0.109. The summed E-state index contributed by atoms with van der Waals surface area (Å²) < 4.78 is 29.2. The number of thiophene rings is 1. The van der Waals surface area contributed by atoms with E-state index >= 15 is 0 Å². The number of aryl methyl sites for hydroxylation is 1. The molecule has 2 atom stereocenters. The molecule has 12 nitrogen and oxygen atoms in total. The fourth-order valence-corrected chi connectivity index (χ4v) is 7.18. The van der Waals surface area contributed by atoms with Crippen molar-refractivity contribution in [2.24, 2.45) is 0 Å². The molecule has 1 aromatic carbocycles. The molecule has 4 heterocycles. The topological polar surface area (TPSA) is 131 Å². The lowest BCUT2D eigenvalue weighted by Crippen LogP contribution is -2.45. The number of methoxy groups -OCH3 is 1. The van der Waals surface area contributed by atoms with Crippen molar-refractivity contribution >= 4 is 33.2 Å². The molecule has 1 saturated heterocycles. The van der Waals surface area contributed by atoms with Gasteiger partial charge in [0.15, 0.2) is 0 Å². The Morgan fingerprint density at radius 2 is 1.81 bits per heavy atom. The summed E-state index contributed by atoms with van der Waals surface area (Å²) in [5, 5.41) is 9.25. The van der Waals surface area contributed by atoms with E-state index in [4.69, 9.17) is 9.47 Å². The van der Waals surface area contributed by atoms with Crippen LogP contribution in [0.15, 0.2) is 40.2 Å². The van der Waals surface area contributed by atoms with Crippen LogP contribution in [0.4, 0.5) is 4.39 Å². The molecular weight excluding hydrogens is 579 g/mol. The SMILES string of the molecule is COc1ccc(F)cc1[C@H](Cn1c(=O)n([C@H]2CCN(C)C2=O)c(=O)c2c(C)c(-n3nccn3)sc21)OC1CCC(=O)CC1. The standard InChI is InChI=1S/C29H31FN6O6S/c1-16-24-26(39)35(21-10-13-33(2)25(21)38)29(40)34(28(24)43-27(16)36-31-11-12-32-36)15-23(42-19-7-5-18(37)6-8-19)20-14-17(30)4-9-22(20)41-3/h4,9,11-12,14,19,21,23H,5-8,10,13,15H2,1-3H3/t21-,23-/m0/s1. The highest BCUT2D eigenvalue weighted by Crippen LogP contribution is 2.36. The van der Waals surface area contributed by atoms with Gasteiger partial charge in [-0.25, -0.2) is 13.8 Å². The van der Waals surface area contributed by atoms with E-state index in [-0.39, 0.29) is 29.7 Å². The molecule has 0 spiro atoms. The van der Waals surface area contributed by atoms with Crippen LogP contribution in [0.1, 0.15) is 55.4 Å². The van der Waals surface area contributed by atoms with Gasteiger partial charge in [0.2, 0.25) is 5.91 Å². The molecule has 2 fully saturated rings. The fourth-order valence-electron chi connectivity index (χ4n) is 5.96. The van der Waals surface area contributed by atoms with E-state index in [0.29, 0.717) is 65.4 Å². The Morgan fingerprint density at radius 3 is 2.47 bits per heavy atom. The summed E-state index contributed by atoms with van der Waals surface area (Å²) in [5.74, 6) is -0.306. The predicted molar refractivity (Wildman–Crippen MR) is 155 cm³/mol. The minimum atomic E-state index is -0.960. The number of nitrogens with zero attached hydrogens (tertiary/aromatic N) is 6. The Kier molecular flexibility index (Phi) is 7.73. The number of benzene rings is 1. The molecular formula is C29H31FN6O6S. The van der Waals surface area contributed by atoms with Gasteiger partial charge in [0.05, 0.1) is 37.5 Å². The zero-order valence-electron chi connectivity index (χ0n) is 24.0. The quantitative estimate of drug-likeness (QED) is 0.298. The van der Waals surface area contributed by atoms with Crippen LogP contribution in [0.3, 0.4) is 0 Å². The lowest BCUT2D eigenvalue weighted by atomic mass is 9.96. The maximum absolute atomic E-state index is 14.6. The first kappa shape index (κ1) is 28.9. The molecule has 1 aliphatic carbocycles. The Morgan fingerprint density at radius 1 is 1.09 bits per heavy atom. The Bertz CT molecular complexity index is 1820. The summed E-state index contributed by atoms with van der Waals surface area (Å²) in [4.78, 5) is 56.5. The molecule has 2 aliphatic rings. The second kappa shape index (κ2) is 11.5. The molecule has 6 rings (SSSR count). The maximum atomic E-state index is 14.6. The maximum Gasteiger partial charge on any atom is 0.332 e. The molecule has 226 valence electrons. The molecule has 0 radical (unpaired) electrons. The number of amides is 1. The van der Waals surface area contributed by atoms with Crippen molar-refractivity contribution in [1.29, 1.82) is 0 Å². The van der Waals surface area contributed by atoms with Crippen LogP contribution < -0.4 is 16.0 Å². The van der Waals surface area contributed by atoms with Gasteiger partial charge in [-0.1, -0.05) is 11.3 Å². The van der Waals surface area contributed by atoms with Crippen LogP contribution in [0.2, 0.25) is 0 Å². The van der Waals surface area contributed by atoms with E-state index in [1.54, 1.807) is 14.0 Å². The average Bonchev–Trinajstić information content (AvgIpc) is 3.72. The lowest BCUT2D eigenvalue weighted by Gasteiger charge is -2.29. The van der Waals surface area contributed by atoms with E-state index in [1.807, 2.05) is 0 Å². The second-order valence-electron chi connectivity index (χ2n) is 10.9. The normalized spacial score (nSPS) is 18.6. The molecule has 14 heteroatoms. The number of halogens is 1. The third-order valence-electron chi connectivity index (χ3n) is 8.26. The number of aromatic nitrogens is 5. The van der Waals surface area contributed by atoms with Crippen molar-refractivity contribution in [1.82, 2.24) is 29.0 Å². The fraction of sp³-hybridized carbons (Fsp3) is 0.448. The summed E-state index contributed by atoms with van der Waals surface area (Å²) in [6, 6.07) is 3.12. The van der Waals surface area contributed by atoms with E-state index in [1.165, 1.54) is 63.3 Å². The van der Waals surface area contributed by atoms with Crippen LogP contribution in [0, 0.1) is 12.7 Å². The molecule has 0 bridgehead atoms. The molecule has 0 N–H and O–H groups in total. The summed E-state index contributed by atoms with van der Waals surface area (Å²) in [6.07, 6.45) is 3.86. The number of hydrogen-bond acceptors (Lipinski definition) is 9. The number of fused-ring (bicyclic) bond motifs is 1. The number of Topliss-reactive ketones (excluding diaryl/α,β-unsaturated/α-hetero) is 1. The van der Waals surface area contributed by atoms with E-state index in [2.05, 4.69) is 10.2 Å². The summed E-state index contributed by atoms with van der Waals surface area (Å²) in [5.41, 5.74) is -0.288. The summed E-state index contributed by atoms with van der Waals surface area (Å²) >= 11 is 1.17. The summed E-state index contributed by atoms with van der Waals surface area (Å²) in [6.45, 7) is 2.05. The van der Waals surface area contributed by atoms with Gasteiger partial charge in [-0.3, -0.25) is 19.0 Å². The highest BCUT2D eigenvalue weighted by atomic mass is 32.1. The number of carbonyl (C=O) groups excluding carboxylic acids is 2. The number of likely N-dealkylation sites (N-methyl/N-ethyl adjacent to an activating group) is 1. The Labute approximate surface area is 249 Å². The van der Waals surface area contributed by atoms with Gasteiger partial charge in [-0.2, -0.15) is 10.2 Å². The highest BCUT2D eigenvalue weighted by Gasteiger charge is 2.36.